The molecule has 0 aromatic heterocycles. The number of fused-ring (bicyclic) bond motifs is 3. The minimum Gasteiger partial charge on any atom is -0.497 e. The first kappa shape index (κ1) is 15.0. The van der Waals surface area contributed by atoms with Crippen LogP contribution in [0.2, 0.25) is 0 Å². The van der Waals surface area contributed by atoms with Crippen LogP contribution in [0.1, 0.15) is 25.7 Å². The lowest BCUT2D eigenvalue weighted by atomic mass is 9.96. The van der Waals surface area contributed by atoms with Crippen molar-refractivity contribution in [3.05, 3.63) is 36.4 Å². The Hall–Kier alpha value is -1.59. The van der Waals surface area contributed by atoms with Crippen LogP contribution in [0.15, 0.2) is 41.3 Å². The lowest BCUT2D eigenvalue weighted by molar-refractivity contribution is 0.390. The van der Waals surface area contributed by atoms with E-state index in [1.54, 1.807) is 19.2 Å². The molecule has 122 valence electrons. The average Bonchev–Trinajstić information content (AvgIpc) is 3.16. The van der Waals surface area contributed by atoms with E-state index in [-0.39, 0.29) is 6.04 Å². The highest BCUT2D eigenvalue weighted by molar-refractivity contribution is 7.89. The zero-order valence-electron chi connectivity index (χ0n) is 13.2. The second-order valence-electron chi connectivity index (χ2n) is 6.78. The standard InChI is InChI=1S/C18H21NO3S/c1-22-16-6-4-14-11-17(7-5-13(14)10-16)23(20,21)19-18-9-12-2-3-15(18)8-12/h4-7,10-12,15,18-19H,2-3,8-9H2,1H3/t12-,15+,18-/m0/s1. The highest BCUT2D eigenvalue weighted by Crippen LogP contribution is 2.44. The molecule has 2 aromatic carbocycles. The molecule has 0 radical (unpaired) electrons. The summed E-state index contributed by atoms with van der Waals surface area (Å²) in [5.41, 5.74) is 0. The first-order valence-corrected chi connectivity index (χ1v) is 9.63. The summed E-state index contributed by atoms with van der Waals surface area (Å²) in [6.07, 6.45) is 4.61. The molecule has 0 amide bonds. The number of nitrogens with one attached hydrogen (secondary N) is 1. The molecule has 2 bridgehead atoms. The van der Waals surface area contributed by atoms with E-state index >= 15 is 0 Å². The van der Waals surface area contributed by atoms with Gasteiger partial charge in [-0.2, -0.15) is 0 Å². The third-order valence-corrected chi connectivity index (χ3v) is 6.86. The van der Waals surface area contributed by atoms with Crippen molar-refractivity contribution in [1.82, 2.24) is 4.72 Å². The van der Waals surface area contributed by atoms with Gasteiger partial charge in [0.1, 0.15) is 5.75 Å². The Balaban J connectivity index is 1.62. The Morgan fingerprint density at radius 3 is 2.52 bits per heavy atom. The fourth-order valence-electron chi connectivity index (χ4n) is 4.15. The number of rotatable bonds is 4. The summed E-state index contributed by atoms with van der Waals surface area (Å²) in [6.45, 7) is 0. The maximum Gasteiger partial charge on any atom is 0.240 e. The lowest BCUT2D eigenvalue weighted by Gasteiger charge is -2.22. The fourth-order valence-corrected chi connectivity index (χ4v) is 5.51. The van der Waals surface area contributed by atoms with Crippen molar-refractivity contribution in [3.8, 4) is 5.75 Å². The van der Waals surface area contributed by atoms with Gasteiger partial charge in [-0.05, 0) is 66.1 Å². The molecule has 3 atom stereocenters. The molecule has 0 heterocycles. The van der Waals surface area contributed by atoms with E-state index in [4.69, 9.17) is 4.74 Å². The van der Waals surface area contributed by atoms with Crippen molar-refractivity contribution >= 4 is 20.8 Å². The maximum atomic E-state index is 12.7. The van der Waals surface area contributed by atoms with Crippen molar-refractivity contribution in [2.24, 2.45) is 11.8 Å². The van der Waals surface area contributed by atoms with Gasteiger partial charge < -0.3 is 4.74 Å². The van der Waals surface area contributed by atoms with Gasteiger partial charge in [0.2, 0.25) is 10.0 Å². The Morgan fingerprint density at radius 1 is 1.04 bits per heavy atom. The van der Waals surface area contributed by atoms with E-state index in [1.807, 2.05) is 24.3 Å². The highest BCUT2D eigenvalue weighted by Gasteiger charge is 2.41. The summed E-state index contributed by atoms with van der Waals surface area (Å²) in [4.78, 5) is 0.345. The van der Waals surface area contributed by atoms with Crippen molar-refractivity contribution in [2.75, 3.05) is 7.11 Å². The Kier molecular flexibility index (Phi) is 3.58. The van der Waals surface area contributed by atoms with Gasteiger partial charge in [0.15, 0.2) is 0 Å². The van der Waals surface area contributed by atoms with E-state index in [0.29, 0.717) is 10.8 Å². The predicted octanol–water partition coefficient (Wildman–Crippen LogP) is 3.32. The van der Waals surface area contributed by atoms with E-state index < -0.39 is 10.0 Å². The van der Waals surface area contributed by atoms with E-state index in [1.165, 1.54) is 12.8 Å². The second kappa shape index (κ2) is 5.49. The van der Waals surface area contributed by atoms with Gasteiger partial charge >= 0.3 is 0 Å². The molecule has 1 N–H and O–H groups in total. The Bertz CT molecular complexity index is 846. The normalized spacial score (nSPS) is 26.7. The summed E-state index contributed by atoms with van der Waals surface area (Å²) in [5.74, 6) is 2.02. The molecule has 2 aromatic rings. The quantitative estimate of drug-likeness (QED) is 0.935. The molecule has 23 heavy (non-hydrogen) atoms. The van der Waals surface area contributed by atoms with Crippen LogP contribution in [-0.4, -0.2) is 21.6 Å². The smallest absolute Gasteiger partial charge is 0.240 e. The average molecular weight is 331 g/mol. The highest BCUT2D eigenvalue weighted by atomic mass is 32.2. The van der Waals surface area contributed by atoms with Crippen LogP contribution in [-0.2, 0) is 10.0 Å². The van der Waals surface area contributed by atoms with Crippen molar-refractivity contribution in [3.63, 3.8) is 0 Å². The van der Waals surface area contributed by atoms with Gasteiger partial charge in [-0.3, -0.25) is 0 Å². The molecule has 0 aliphatic heterocycles. The van der Waals surface area contributed by atoms with Crippen molar-refractivity contribution in [1.29, 1.82) is 0 Å². The summed E-state index contributed by atoms with van der Waals surface area (Å²) in [5, 5.41) is 1.88. The van der Waals surface area contributed by atoms with Gasteiger partial charge in [0.25, 0.3) is 0 Å². The van der Waals surface area contributed by atoms with Crippen LogP contribution < -0.4 is 9.46 Å². The zero-order valence-corrected chi connectivity index (χ0v) is 14.0. The van der Waals surface area contributed by atoms with Gasteiger partial charge in [0, 0.05) is 6.04 Å². The SMILES string of the molecule is COc1ccc2cc(S(=O)(=O)N[C@H]3C[C@H]4CC[C@@H]3C4)ccc2c1. The summed E-state index contributed by atoms with van der Waals surface area (Å²) >= 11 is 0. The van der Waals surface area contributed by atoms with Gasteiger partial charge in [-0.15, -0.1) is 0 Å². The summed E-state index contributed by atoms with van der Waals surface area (Å²) in [6, 6.07) is 11.0. The number of hydrogen-bond donors (Lipinski definition) is 1. The van der Waals surface area contributed by atoms with Gasteiger partial charge in [-0.1, -0.05) is 18.6 Å². The summed E-state index contributed by atoms with van der Waals surface area (Å²) < 4.78 is 33.5. The Labute approximate surface area is 136 Å². The number of ether oxygens (including phenoxy) is 1. The number of sulfonamides is 1. The fraction of sp³-hybridized carbons (Fsp3) is 0.444. The van der Waals surface area contributed by atoms with Crippen LogP contribution in [0, 0.1) is 11.8 Å². The van der Waals surface area contributed by atoms with Crippen LogP contribution in [0.25, 0.3) is 10.8 Å². The third-order valence-electron chi connectivity index (χ3n) is 5.37. The van der Waals surface area contributed by atoms with Crippen molar-refractivity contribution in [2.45, 2.75) is 36.6 Å². The van der Waals surface area contributed by atoms with E-state index in [9.17, 15) is 8.42 Å². The van der Waals surface area contributed by atoms with Crippen LogP contribution in [0.5, 0.6) is 5.75 Å². The van der Waals surface area contributed by atoms with E-state index in [0.717, 1.165) is 35.3 Å². The number of methoxy groups -OCH3 is 1. The van der Waals surface area contributed by atoms with Crippen LogP contribution in [0.4, 0.5) is 0 Å². The van der Waals surface area contributed by atoms with Crippen LogP contribution in [0.3, 0.4) is 0 Å². The monoisotopic (exact) mass is 331 g/mol. The Morgan fingerprint density at radius 2 is 1.83 bits per heavy atom. The molecule has 2 fully saturated rings. The molecule has 0 saturated heterocycles. The number of hydrogen-bond acceptors (Lipinski definition) is 3. The maximum absolute atomic E-state index is 12.7. The molecule has 2 saturated carbocycles. The molecule has 5 heteroatoms. The topological polar surface area (TPSA) is 55.4 Å². The zero-order chi connectivity index (χ0) is 16.0. The molecule has 4 rings (SSSR count). The van der Waals surface area contributed by atoms with Gasteiger partial charge in [-0.25, -0.2) is 13.1 Å². The molecule has 2 aliphatic rings. The molecule has 0 unspecified atom stereocenters. The predicted molar refractivity (Wildman–Crippen MR) is 90.1 cm³/mol. The first-order valence-electron chi connectivity index (χ1n) is 8.15. The molecular formula is C18H21NO3S. The van der Waals surface area contributed by atoms with E-state index in [2.05, 4.69) is 4.72 Å². The van der Waals surface area contributed by atoms with Gasteiger partial charge in [0.05, 0.1) is 12.0 Å². The lowest BCUT2D eigenvalue weighted by Crippen LogP contribution is -2.38. The molecular weight excluding hydrogens is 310 g/mol. The largest absolute Gasteiger partial charge is 0.497 e. The minimum atomic E-state index is -3.45. The molecule has 4 nitrogen and oxygen atoms in total. The summed E-state index contributed by atoms with van der Waals surface area (Å²) in [7, 11) is -1.83. The molecule has 2 aliphatic carbocycles. The minimum absolute atomic E-state index is 0.116. The second-order valence-corrected chi connectivity index (χ2v) is 8.49. The van der Waals surface area contributed by atoms with Crippen molar-refractivity contribution < 1.29 is 13.2 Å². The third kappa shape index (κ3) is 2.72. The van der Waals surface area contributed by atoms with Crippen LogP contribution >= 0.6 is 0 Å². The number of benzene rings is 2. The molecule has 0 spiro atoms. The first-order chi connectivity index (χ1) is 11.0.